The second kappa shape index (κ2) is 9.01. The third kappa shape index (κ3) is 4.18. The van der Waals surface area contributed by atoms with Crippen LogP contribution in [0.2, 0.25) is 0 Å². The van der Waals surface area contributed by atoms with Crippen molar-refractivity contribution in [2.75, 3.05) is 13.2 Å². The fourth-order valence-electron chi connectivity index (χ4n) is 4.24. The number of nitrogens with zero attached hydrogens (tertiary/aromatic N) is 2. The molecule has 0 atom stereocenters. The summed E-state index contributed by atoms with van der Waals surface area (Å²) in [7, 11) is 0. The van der Waals surface area contributed by atoms with Crippen LogP contribution in [-0.2, 0) is 22.3 Å². The Morgan fingerprint density at radius 1 is 1.09 bits per heavy atom. The first kappa shape index (κ1) is 22.4. The number of hydrogen-bond acceptors (Lipinski definition) is 6. The molecule has 0 fully saturated rings. The number of halogens is 1. The molecule has 172 valence electrons. The van der Waals surface area contributed by atoms with E-state index in [9.17, 15) is 18.8 Å². The lowest BCUT2D eigenvalue weighted by Crippen LogP contribution is -2.17. The Morgan fingerprint density at radius 2 is 1.82 bits per heavy atom. The molecule has 8 nitrogen and oxygen atoms in total. The minimum absolute atomic E-state index is 0.161. The Morgan fingerprint density at radius 3 is 2.52 bits per heavy atom. The smallest absolute Gasteiger partial charge is 0.359 e. The summed E-state index contributed by atoms with van der Waals surface area (Å²) in [6, 6.07) is 5.86. The molecule has 0 aliphatic heterocycles. The lowest BCUT2D eigenvalue weighted by Gasteiger charge is -2.06. The summed E-state index contributed by atoms with van der Waals surface area (Å²) in [4.78, 5) is 40.6. The number of aromatic amines is 1. The zero-order chi connectivity index (χ0) is 23.7. The third-order valence-electron chi connectivity index (χ3n) is 5.73. The number of benzene rings is 1. The van der Waals surface area contributed by atoms with Gasteiger partial charge in [-0.05, 0) is 69.9 Å². The van der Waals surface area contributed by atoms with Crippen LogP contribution in [0.3, 0.4) is 0 Å². The van der Waals surface area contributed by atoms with E-state index >= 15 is 0 Å². The number of H-pyrrole nitrogens is 1. The molecule has 0 bridgehead atoms. The van der Waals surface area contributed by atoms with Crippen molar-refractivity contribution in [3.8, 4) is 5.69 Å². The number of aryl methyl sites for hydroxylation is 1. The van der Waals surface area contributed by atoms with Gasteiger partial charge >= 0.3 is 11.9 Å². The largest absolute Gasteiger partial charge is 0.461 e. The van der Waals surface area contributed by atoms with Gasteiger partial charge in [0.05, 0.1) is 12.3 Å². The first-order valence-corrected chi connectivity index (χ1v) is 10.7. The minimum Gasteiger partial charge on any atom is -0.461 e. The molecule has 2 heterocycles. The van der Waals surface area contributed by atoms with Crippen molar-refractivity contribution in [1.29, 1.82) is 0 Å². The van der Waals surface area contributed by atoms with Gasteiger partial charge in [-0.1, -0.05) is 0 Å². The first-order chi connectivity index (χ1) is 15.8. The van der Waals surface area contributed by atoms with Gasteiger partial charge in [0.15, 0.2) is 12.3 Å². The van der Waals surface area contributed by atoms with Crippen LogP contribution in [0.4, 0.5) is 4.39 Å². The summed E-state index contributed by atoms with van der Waals surface area (Å²) in [5, 5.41) is 4.41. The first-order valence-electron chi connectivity index (χ1n) is 10.7. The number of ketones is 1. The number of fused-ring (bicyclic) bond motifs is 1. The third-order valence-corrected chi connectivity index (χ3v) is 5.73. The lowest BCUT2D eigenvalue weighted by molar-refractivity contribution is 0.0466. The van der Waals surface area contributed by atoms with Crippen molar-refractivity contribution in [3.05, 3.63) is 69.5 Å². The second-order valence-corrected chi connectivity index (χ2v) is 7.86. The van der Waals surface area contributed by atoms with Crippen LogP contribution in [0.1, 0.15) is 67.2 Å². The molecule has 9 heteroatoms. The molecule has 0 unspecified atom stereocenters. The van der Waals surface area contributed by atoms with E-state index in [1.165, 1.54) is 12.1 Å². The molecule has 1 aromatic carbocycles. The number of carbonyl (C=O) groups excluding carboxylic acids is 3. The fourth-order valence-corrected chi connectivity index (χ4v) is 4.24. The van der Waals surface area contributed by atoms with Crippen molar-refractivity contribution in [2.24, 2.45) is 0 Å². The highest BCUT2D eigenvalue weighted by Crippen LogP contribution is 2.28. The Bertz CT molecular complexity index is 1240. The van der Waals surface area contributed by atoms with E-state index in [1.807, 2.05) is 0 Å². The molecule has 0 saturated heterocycles. The van der Waals surface area contributed by atoms with Gasteiger partial charge in [0.25, 0.3) is 0 Å². The maximum absolute atomic E-state index is 13.3. The van der Waals surface area contributed by atoms with E-state index in [-0.39, 0.29) is 23.8 Å². The van der Waals surface area contributed by atoms with Crippen molar-refractivity contribution in [3.63, 3.8) is 0 Å². The van der Waals surface area contributed by atoms with Gasteiger partial charge in [-0.25, -0.2) is 18.7 Å². The summed E-state index contributed by atoms with van der Waals surface area (Å²) in [5.74, 6) is -2.03. The monoisotopic (exact) mass is 453 g/mol. The SMILES string of the molecule is CCOC(=O)c1[nH]c(C)c(C(=O)COC(=O)c2nn(-c3ccc(F)cc3)c3c2CCC3)c1C. The van der Waals surface area contributed by atoms with E-state index in [4.69, 9.17) is 9.47 Å². The molecule has 0 saturated carbocycles. The van der Waals surface area contributed by atoms with E-state index in [0.29, 0.717) is 28.9 Å². The molecule has 1 N–H and O–H groups in total. The lowest BCUT2D eigenvalue weighted by atomic mass is 10.1. The summed E-state index contributed by atoms with van der Waals surface area (Å²) in [5.41, 5.74) is 3.94. The van der Waals surface area contributed by atoms with Gasteiger partial charge in [-0.3, -0.25) is 4.79 Å². The zero-order valence-corrected chi connectivity index (χ0v) is 18.7. The molecule has 1 aliphatic carbocycles. The molecule has 2 aromatic heterocycles. The van der Waals surface area contributed by atoms with E-state index in [0.717, 1.165) is 24.1 Å². The van der Waals surface area contributed by atoms with Crippen LogP contribution >= 0.6 is 0 Å². The van der Waals surface area contributed by atoms with Gasteiger partial charge in [0, 0.05) is 22.5 Å². The Balaban J connectivity index is 1.52. The number of Topliss-reactive ketones (excluding diaryl/α,β-unsaturated/α-hetero) is 1. The molecule has 3 aromatic rings. The standard InChI is InChI=1S/C24H24FN3O5/c1-4-32-23(30)21-13(2)20(14(3)26-21)19(29)12-33-24(31)22-17-6-5-7-18(17)28(27-22)16-10-8-15(25)9-11-16/h8-11,26H,4-7,12H2,1-3H3. The zero-order valence-electron chi connectivity index (χ0n) is 18.7. The second-order valence-electron chi connectivity index (χ2n) is 7.86. The Kier molecular flexibility index (Phi) is 6.13. The van der Waals surface area contributed by atoms with Crippen LogP contribution in [0, 0.1) is 19.7 Å². The van der Waals surface area contributed by atoms with Gasteiger partial charge in [-0.2, -0.15) is 5.10 Å². The maximum atomic E-state index is 13.3. The number of rotatable bonds is 7. The Labute approximate surface area is 189 Å². The van der Waals surface area contributed by atoms with Crippen LogP contribution < -0.4 is 0 Å². The molecule has 33 heavy (non-hydrogen) atoms. The number of nitrogens with one attached hydrogen (secondary N) is 1. The number of hydrogen-bond donors (Lipinski definition) is 1. The van der Waals surface area contributed by atoms with Crippen LogP contribution in [0.5, 0.6) is 0 Å². The Hall–Kier alpha value is -3.75. The average Bonchev–Trinajstić information content (AvgIpc) is 3.47. The van der Waals surface area contributed by atoms with Crippen molar-refractivity contribution in [2.45, 2.75) is 40.0 Å². The number of ether oxygens (including phenoxy) is 2. The minimum atomic E-state index is -0.696. The van der Waals surface area contributed by atoms with Crippen molar-refractivity contribution < 1.29 is 28.2 Å². The average molecular weight is 453 g/mol. The highest BCUT2D eigenvalue weighted by Gasteiger charge is 2.29. The number of esters is 2. The molecular formula is C24H24FN3O5. The summed E-state index contributed by atoms with van der Waals surface area (Å²) >= 11 is 0. The van der Waals surface area contributed by atoms with E-state index < -0.39 is 24.3 Å². The predicted octanol–water partition coefficient (Wildman–Crippen LogP) is 3.66. The van der Waals surface area contributed by atoms with Gasteiger partial charge in [-0.15, -0.1) is 0 Å². The van der Waals surface area contributed by atoms with Crippen LogP contribution in [0.25, 0.3) is 5.69 Å². The topological polar surface area (TPSA) is 103 Å². The highest BCUT2D eigenvalue weighted by atomic mass is 19.1. The maximum Gasteiger partial charge on any atom is 0.359 e. The normalized spacial score (nSPS) is 12.5. The number of carbonyl (C=O) groups is 3. The van der Waals surface area contributed by atoms with Gasteiger partial charge in [0.1, 0.15) is 11.5 Å². The highest BCUT2D eigenvalue weighted by molar-refractivity contribution is 6.04. The molecular weight excluding hydrogens is 429 g/mol. The summed E-state index contributed by atoms with van der Waals surface area (Å²) < 4.78 is 25.2. The van der Waals surface area contributed by atoms with E-state index in [2.05, 4.69) is 10.1 Å². The molecule has 4 rings (SSSR count). The van der Waals surface area contributed by atoms with Crippen LogP contribution in [0.15, 0.2) is 24.3 Å². The van der Waals surface area contributed by atoms with Crippen molar-refractivity contribution >= 4 is 17.7 Å². The van der Waals surface area contributed by atoms with Gasteiger partial charge < -0.3 is 14.5 Å². The quantitative estimate of drug-likeness (QED) is 0.433. The summed E-state index contributed by atoms with van der Waals surface area (Å²) in [6.07, 6.45) is 2.28. The fraction of sp³-hybridized carbons (Fsp3) is 0.333. The molecule has 0 amide bonds. The summed E-state index contributed by atoms with van der Waals surface area (Å²) in [6.45, 7) is 4.73. The molecule has 1 aliphatic rings. The van der Waals surface area contributed by atoms with Crippen molar-refractivity contribution in [1.82, 2.24) is 14.8 Å². The molecule has 0 spiro atoms. The van der Waals surface area contributed by atoms with Crippen LogP contribution in [-0.4, -0.2) is 45.7 Å². The number of aromatic nitrogens is 3. The van der Waals surface area contributed by atoms with Gasteiger partial charge in [0.2, 0.25) is 5.78 Å². The predicted molar refractivity (Wildman–Crippen MR) is 116 cm³/mol. The van der Waals surface area contributed by atoms with E-state index in [1.54, 1.807) is 37.6 Å². The molecule has 0 radical (unpaired) electrons.